The highest BCUT2D eigenvalue weighted by Gasteiger charge is 2.29. The third-order valence-corrected chi connectivity index (χ3v) is 7.11. The van der Waals surface area contributed by atoms with Crippen molar-refractivity contribution in [2.45, 2.75) is 65.4 Å². The molecule has 6 nitrogen and oxygen atoms in total. The van der Waals surface area contributed by atoms with E-state index in [-0.39, 0.29) is 17.9 Å². The van der Waals surface area contributed by atoms with E-state index in [0.717, 1.165) is 23.4 Å². The van der Waals surface area contributed by atoms with Crippen LogP contribution in [0, 0.1) is 11.8 Å². The van der Waals surface area contributed by atoms with Gasteiger partial charge in [0.15, 0.2) is 0 Å². The lowest BCUT2D eigenvalue weighted by Gasteiger charge is -2.35. The number of hydrogen-bond acceptors (Lipinski definition) is 5. The SMILES string of the molecule is CC(CNC(=O)CC(C)C1CCN(C(=O)OC(C)(C)C)CC1)c1nc2ccccc2s1. The number of para-hydroxylation sites is 1. The summed E-state index contributed by atoms with van der Waals surface area (Å²) in [6, 6.07) is 8.13. The molecule has 3 rings (SSSR count). The molecule has 1 fully saturated rings. The number of rotatable bonds is 6. The molecule has 31 heavy (non-hydrogen) atoms. The van der Waals surface area contributed by atoms with Crippen molar-refractivity contribution in [2.75, 3.05) is 19.6 Å². The van der Waals surface area contributed by atoms with E-state index in [4.69, 9.17) is 9.72 Å². The van der Waals surface area contributed by atoms with Gasteiger partial charge in [-0.3, -0.25) is 4.79 Å². The van der Waals surface area contributed by atoms with E-state index < -0.39 is 5.60 Å². The lowest BCUT2D eigenvalue weighted by Crippen LogP contribution is -2.43. The summed E-state index contributed by atoms with van der Waals surface area (Å²) in [7, 11) is 0. The first-order valence-electron chi connectivity index (χ1n) is 11.2. The monoisotopic (exact) mass is 445 g/mol. The van der Waals surface area contributed by atoms with Gasteiger partial charge < -0.3 is 15.0 Å². The topological polar surface area (TPSA) is 71.5 Å². The van der Waals surface area contributed by atoms with E-state index >= 15 is 0 Å². The number of carbonyl (C=O) groups is 2. The van der Waals surface area contributed by atoms with Crippen LogP contribution in [0.3, 0.4) is 0 Å². The van der Waals surface area contributed by atoms with Crippen LogP contribution in [0.2, 0.25) is 0 Å². The molecule has 0 bridgehead atoms. The Morgan fingerprint density at radius 3 is 2.55 bits per heavy atom. The van der Waals surface area contributed by atoms with Gasteiger partial charge in [0.1, 0.15) is 5.60 Å². The summed E-state index contributed by atoms with van der Waals surface area (Å²) in [5, 5.41) is 4.15. The lowest BCUT2D eigenvalue weighted by atomic mass is 9.83. The summed E-state index contributed by atoms with van der Waals surface area (Å²) in [5.74, 6) is 1.02. The van der Waals surface area contributed by atoms with Crippen LogP contribution < -0.4 is 5.32 Å². The van der Waals surface area contributed by atoms with E-state index in [2.05, 4.69) is 25.2 Å². The molecule has 0 saturated carbocycles. The maximum atomic E-state index is 12.5. The molecule has 2 aromatic rings. The average Bonchev–Trinajstić information content (AvgIpc) is 3.15. The first-order chi connectivity index (χ1) is 14.6. The van der Waals surface area contributed by atoms with E-state index in [1.807, 2.05) is 39.0 Å². The first kappa shape index (κ1) is 23.5. The number of nitrogens with one attached hydrogen (secondary N) is 1. The number of thiazole rings is 1. The maximum absolute atomic E-state index is 12.5. The van der Waals surface area contributed by atoms with Crippen LogP contribution in [0.5, 0.6) is 0 Å². The van der Waals surface area contributed by atoms with Crippen LogP contribution in [0.15, 0.2) is 24.3 Å². The van der Waals surface area contributed by atoms with Crippen LogP contribution in [0.1, 0.15) is 64.8 Å². The highest BCUT2D eigenvalue weighted by Crippen LogP contribution is 2.29. The van der Waals surface area contributed by atoms with Gasteiger partial charge in [-0.25, -0.2) is 9.78 Å². The summed E-state index contributed by atoms with van der Waals surface area (Å²) in [4.78, 5) is 31.2. The molecule has 0 radical (unpaired) electrons. The number of amides is 2. The number of nitrogens with zero attached hydrogens (tertiary/aromatic N) is 2. The second-order valence-electron chi connectivity index (χ2n) is 9.71. The summed E-state index contributed by atoms with van der Waals surface area (Å²) in [6.45, 7) is 11.9. The summed E-state index contributed by atoms with van der Waals surface area (Å²) >= 11 is 1.69. The molecule has 1 aromatic heterocycles. The number of fused-ring (bicyclic) bond motifs is 1. The zero-order valence-electron chi connectivity index (χ0n) is 19.3. The normalized spacial score (nSPS) is 17.4. The number of likely N-dealkylation sites (tertiary alicyclic amines) is 1. The molecule has 1 aliphatic heterocycles. The fraction of sp³-hybridized carbons (Fsp3) is 0.625. The number of piperidine rings is 1. The molecule has 170 valence electrons. The number of ether oxygens (including phenoxy) is 1. The minimum atomic E-state index is -0.470. The van der Waals surface area contributed by atoms with Crippen molar-refractivity contribution in [1.29, 1.82) is 0 Å². The Morgan fingerprint density at radius 1 is 1.23 bits per heavy atom. The van der Waals surface area contributed by atoms with Crippen molar-refractivity contribution in [3.05, 3.63) is 29.3 Å². The number of aromatic nitrogens is 1. The van der Waals surface area contributed by atoms with Gasteiger partial charge in [-0.15, -0.1) is 11.3 Å². The van der Waals surface area contributed by atoms with Gasteiger partial charge >= 0.3 is 6.09 Å². The van der Waals surface area contributed by atoms with Gasteiger partial charge in [0.2, 0.25) is 5.91 Å². The van der Waals surface area contributed by atoms with Crippen molar-refractivity contribution < 1.29 is 14.3 Å². The highest BCUT2D eigenvalue weighted by molar-refractivity contribution is 7.18. The Kier molecular flexibility index (Phi) is 7.57. The third-order valence-electron chi connectivity index (χ3n) is 5.84. The van der Waals surface area contributed by atoms with E-state index in [1.54, 1.807) is 16.2 Å². The van der Waals surface area contributed by atoms with E-state index in [0.29, 0.717) is 37.9 Å². The first-order valence-corrected chi connectivity index (χ1v) is 12.0. The molecule has 1 aromatic carbocycles. The van der Waals surface area contributed by atoms with Gasteiger partial charge in [-0.1, -0.05) is 26.0 Å². The molecular formula is C24H35N3O3S. The van der Waals surface area contributed by atoms with Crippen molar-refractivity contribution in [2.24, 2.45) is 11.8 Å². The van der Waals surface area contributed by atoms with Crippen LogP contribution in [0.25, 0.3) is 10.2 Å². The molecule has 2 atom stereocenters. The Balaban J connectivity index is 1.41. The standard InChI is InChI=1S/C24H35N3O3S/c1-16(18-10-12-27(13-11-18)23(29)30-24(3,4)5)14-21(28)25-15-17(2)22-26-19-8-6-7-9-20(19)31-22/h6-9,16-18H,10-15H2,1-5H3,(H,25,28). The minimum absolute atomic E-state index is 0.0926. The third kappa shape index (κ3) is 6.66. The Labute approximate surface area is 189 Å². The van der Waals surface area contributed by atoms with Crippen molar-refractivity contribution >= 4 is 33.6 Å². The molecule has 2 heterocycles. The Hall–Kier alpha value is -2.15. The fourth-order valence-electron chi connectivity index (χ4n) is 3.96. The smallest absolute Gasteiger partial charge is 0.410 e. The summed E-state index contributed by atoms with van der Waals surface area (Å²) in [5.41, 5.74) is 0.550. The molecule has 7 heteroatoms. The molecular weight excluding hydrogens is 410 g/mol. The van der Waals surface area contributed by atoms with Gasteiger partial charge in [0.05, 0.1) is 15.2 Å². The largest absolute Gasteiger partial charge is 0.444 e. The van der Waals surface area contributed by atoms with Crippen LogP contribution >= 0.6 is 11.3 Å². The van der Waals surface area contributed by atoms with Gasteiger partial charge in [0, 0.05) is 32.0 Å². The number of hydrogen-bond donors (Lipinski definition) is 1. The molecule has 2 amide bonds. The predicted octanol–water partition coefficient (Wildman–Crippen LogP) is 5.19. The van der Waals surface area contributed by atoms with Crippen molar-refractivity contribution in [1.82, 2.24) is 15.2 Å². The van der Waals surface area contributed by atoms with Crippen LogP contribution in [0.4, 0.5) is 4.79 Å². The average molecular weight is 446 g/mol. The minimum Gasteiger partial charge on any atom is -0.444 e. The number of benzene rings is 1. The van der Waals surface area contributed by atoms with Gasteiger partial charge in [-0.2, -0.15) is 0 Å². The molecule has 2 unspecified atom stereocenters. The van der Waals surface area contributed by atoms with E-state index in [1.165, 1.54) is 4.70 Å². The van der Waals surface area contributed by atoms with E-state index in [9.17, 15) is 9.59 Å². The Bertz CT molecular complexity index is 864. The second-order valence-corrected chi connectivity index (χ2v) is 10.8. The highest BCUT2D eigenvalue weighted by atomic mass is 32.1. The predicted molar refractivity (Wildman–Crippen MR) is 125 cm³/mol. The fourth-order valence-corrected chi connectivity index (χ4v) is 4.98. The molecule has 1 saturated heterocycles. The van der Waals surface area contributed by atoms with Crippen molar-refractivity contribution in [3.63, 3.8) is 0 Å². The van der Waals surface area contributed by atoms with Gasteiger partial charge in [-0.05, 0) is 57.6 Å². The molecule has 0 aliphatic carbocycles. The molecule has 1 aliphatic rings. The molecule has 1 N–H and O–H groups in total. The zero-order chi connectivity index (χ0) is 22.6. The second kappa shape index (κ2) is 9.98. The summed E-state index contributed by atoms with van der Waals surface area (Å²) < 4.78 is 6.65. The van der Waals surface area contributed by atoms with Crippen LogP contribution in [-0.2, 0) is 9.53 Å². The summed E-state index contributed by atoms with van der Waals surface area (Å²) in [6.07, 6.45) is 2.11. The Morgan fingerprint density at radius 2 is 1.90 bits per heavy atom. The maximum Gasteiger partial charge on any atom is 0.410 e. The van der Waals surface area contributed by atoms with Crippen molar-refractivity contribution in [3.8, 4) is 0 Å². The van der Waals surface area contributed by atoms with Gasteiger partial charge in [0.25, 0.3) is 0 Å². The molecule has 0 spiro atoms. The zero-order valence-corrected chi connectivity index (χ0v) is 20.1. The van der Waals surface area contributed by atoms with Crippen LogP contribution in [-0.4, -0.2) is 47.1 Å². The quantitative estimate of drug-likeness (QED) is 0.664. The number of carbonyl (C=O) groups excluding carboxylic acids is 2. The lowest BCUT2D eigenvalue weighted by molar-refractivity contribution is -0.122.